The van der Waals surface area contributed by atoms with Crippen LogP contribution in [0.5, 0.6) is 0 Å². The lowest BCUT2D eigenvalue weighted by Gasteiger charge is -2.40. The van der Waals surface area contributed by atoms with E-state index in [1.807, 2.05) is 37.3 Å². The molecule has 1 aliphatic rings. The maximum absolute atomic E-state index is 12.3. The van der Waals surface area contributed by atoms with Gasteiger partial charge in [0.05, 0.1) is 30.3 Å². The Morgan fingerprint density at radius 3 is 1.45 bits per heavy atom. The van der Waals surface area contributed by atoms with Crippen LogP contribution in [-0.4, -0.2) is 95.3 Å². The van der Waals surface area contributed by atoms with Crippen molar-refractivity contribution in [2.45, 2.75) is 39.5 Å². The molecule has 0 radical (unpaired) electrons. The minimum absolute atomic E-state index is 0.00940. The number of carbonyl (C=O) groups excluding carboxylic acids is 3. The van der Waals surface area contributed by atoms with Crippen molar-refractivity contribution in [3.05, 3.63) is 71.8 Å². The highest BCUT2D eigenvalue weighted by molar-refractivity contribution is 7.50. The number of esters is 3. The van der Waals surface area contributed by atoms with Crippen molar-refractivity contribution in [1.82, 2.24) is 9.80 Å². The molecular weight excluding hydrogens is 880 g/mol. The molecule has 3 rings (SSSR count). The Kier molecular flexibility index (Phi) is 22.5. The number of cyclic esters (lactones) is 2. The molecule has 340 valence electrons. The molecule has 1 heterocycles. The SMILES string of the molecule is CC(C(=O)OCCN(CP(=O)([O-])[O-])CP(=O)([O-])[O-])C(C(=O)O)C(C)c1ccccc1.CC1C(=O)OC(=O)C1C(C)c1ccccc1.O=P([O-])([O-])CN(CCO)CP(=O)([O-])[O-]. The van der Waals surface area contributed by atoms with Gasteiger partial charge >= 0.3 is 23.9 Å². The molecule has 26 heteroatoms. The number of rotatable bonds is 20. The summed E-state index contributed by atoms with van der Waals surface area (Å²) in [5.74, 6) is -6.33. The van der Waals surface area contributed by atoms with Gasteiger partial charge in [-0.05, 0) is 23.0 Å². The molecule has 0 aliphatic carbocycles. The molecule has 1 fully saturated rings. The van der Waals surface area contributed by atoms with Crippen molar-refractivity contribution < 1.29 is 96.3 Å². The van der Waals surface area contributed by atoms with Gasteiger partial charge in [0.2, 0.25) is 0 Å². The second-order valence-corrected chi connectivity index (χ2v) is 19.8. The standard InChI is InChI=1S/C17H27NO10P2.C13H14O3.C4H13NO7P2/c1-12(14-6-4-3-5-7-14)15(16(19)20)13(2)17(21)28-9-8-18(10-29(22,23)24)11-30(25,26)27;1-8(10-6-4-3-5-7-10)11-9(2)12(14)16-13(11)15;6-2-1-5(3-13(7,8)9)4-14(10,11)12/h3-7,12-13,15H,8-11H2,1-2H3,(H,19,20)(H2,22,23,24)(H2,25,26,27);3-9,11H,1-2H3;6H,1-4H2,(H2,7,8,9)(H2,10,11,12)/p-8. The lowest BCUT2D eigenvalue weighted by atomic mass is 9.79. The monoisotopic (exact) mass is 926 g/mol. The number of ether oxygens (including phenoxy) is 2. The third kappa shape index (κ3) is 21.7. The number of benzene rings is 2. The van der Waals surface area contributed by atoms with Gasteiger partial charge in [-0.15, -0.1) is 0 Å². The number of nitrogens with zero attached hydrogens (tertiary/aromatic N) is 2. The van der Waals surface area contributed by atoms with E-state index in [1.54, 1.807) is 44.2 Å². The number of carbonyl (C=O) groups is 4. The van der Waals surface area contributed by atoms with Gasteiger partial charge in [-0.25, -0.2) is 0 Å². The molecule has 0 amide bonds. The highest BCUT2D eigenvalue weighted by Crippen LogP contribution is 2.36. The van der Waals surface area contributed by atoms with Crippen LogP contribution in [0.1, 0.15) is 50.7 Å². The fourth-order valence-electron chi connectivity index (χ4n) is 6.08. The molecular formula is C34H46N2O20P4-8. The van der Waals surface area contributed by atoms with Gasteiger partial charge in [-0.2, -0.15) is 0 Å². The number of carboxylic acids is 1. The minimum Gasteiger partial charge on any atom is -0.810 e. The Morgan fingerprint density at radius 1 is 0.700 bits per heavy atom. The third-order valence-corrected chi connectivity index (χ3v) is 11.9. The topological polar surface area (TPSA) is 386 Å². The van der Waals surface area contributed by atoms with E-state index >= 15 is 0 Å². The lowest BCUT2D eigenvalue weighted by molar-refractivity contribution is -0.321. The van der Waals surface area contributed by atoms with Gasteiger partial charge in [0.15, 0.2) is 0 Å². The normalized spacial score (nSPS) is 18.0. The number of carboxylic acid groups (broad SMARTS) is 1. The van der Waals surface area contributed by atoms with Crippen LogP contribution in [0.2, 0.25) is 0 Å². The van der Waals surface area contributed by atoms with Crippen LogP contribution >= 0.6 is 30.4 Å². The summed E-state index contributed by atoms with van der Waals surface area (Å²) in [5, 5.41) is 18.0. The molecule has 0 bridgehead atoms. The minimum atomic E-state index is -5.16. The Bertz CT molecular complexity index is 1840. The van der Waals surface area contributed by atoms with Gasteiger partial charge in [0.25, 0.3) is 0 Å². The molecule has 60 heavy (non-hydrogen) atoms. The summed E-state index contributed by atoms with van der Waals surface area (Å²) in [6.45, 7) is 4.78. The van der Waals surface area contributed by atoms with Crippen molar-refractivity contribution in [3.8, 4) is 0 Å². The predicted molar refractivity (Wildman–Crippen MR) is 195 cm³/mol. The van der Waals surface area contributed by atoms with E-state index in [-0.39, 0.29) is 24.3 Å². The van der Waals surface area contributed by atoms with Crippen LogP contribution in [0.25, 0.3) is 0 Å². The second-order valence-electron chi connectivity index (χ2n) is 13.8. The third-order valence-electron chi connectivity index (χ3n) is 8.87. The number of aliphatic hydroxyl groups is 1. The van der Waals surface area contributed by atoms with Crippen molar-refractivity contribution in [2.24, 2.45) is 23.7 Å². The molecule has 0 spiro atoms. The quantitative estimate of drug-likeness (QED) is 0.0753. The van der Waals surface area contributed by atoms with E-state index in [1.165, 1.54) is 6.92 Å². The number of hydrogen-bond acceptors (Lipinski definition) is 21. The van der Waals surface area contributed by atoms with Crippen LogP contribution in [0, 0.1) is 23.7 Å². The van der Waals surface area contributed by atoms with E-state index in [0.717, 1.165) is 5.56 Å². The zero-order chi connectivity index (χ0) is 46.2. The van der Waals surface area contributed by atoms with Crippen LogP contribution < -0.4 is 39.1 Å². The first-order valence-corrected chi connectivity index (χ1v) is 24.7. The zero-order valence-corrected chi connectivity index (χ0v) is 36.4. The van der Waals surface area contributed by atoms with Crippen molar-refractivity contribution in [1.29, 1.82) is 0 Å². The van der Waals surface area contributed by atoms with Gasteiger partial charge in [-0.3, -0.25) is 29.0 Å². The van der Waals surface area contributed by atoms with Crippen LogP contribution in [-0.2, 0) is 46.9 Å². The van der Waals surface area contributed by atoms with E-state index in [9.17, 15) is 81.7 Å². The molecule has 0 aromatic heterocycles. The molecule has 2 N–H and O–H groups in total. The molecule has 1 saturated heterocycles. The highest BCUT2D eigenvalue weighted by Gasteiger charge is 2.44. The maximum Gasteiger partial charge on any atom is 0.318 e. The Hall–Kier alpha value is -3.00. The maximum atomic E-state index is 12.3. The van der Waals surface area contributed by atoms with Gasteiger partial charge in [-0.1, -0.05) is 119 Å². The van der Waals surface area contributed by atoms with Crippen LogP contribution in [0.15, 0.2) is 60.7 Å². The lowest BCUT2D eigenvalue weighted by Crippen LogP contribution is -2.39. The summed E-state index contributed by atoms with van der Waals surface area (Å²) in [4.78, 5) is 133. The Labute approximate surface area is 346 Å². The molecule has 2 aromatic rings. The molecule has 22 nitrogen and oxygen atoms in total. The van der Waals surface area contributed by atoms with E-state index in [4.69, 9.17) is 9.84 Å². The average Bonchev–Trinajstić information content (AvgIpc) is 3.36. The summed E-state index contributed by atoms with van der Waals surface area (Å²) in [6.07, 6.45) is -4.61. The van der Waals surface area contributed by atoms with E-state index in [0.29, 0.717) is 15.4 Å². The molecule has 6 unspecified atom stereocenters. The summed E-state index contributed by atoms with van der Waals surface area (Å²) in [5.41, 5.74) is 1.77. The van der Waals surface area contributed by atoms with E-state index < -0.39 is 117 Å². The van der Waals surface area contributed by atoms with Gasteiger partial charge in [0, 0.05) is 38.2 Å². The number of aliphatic hydroxyl groups excluding tert-OH is 1. The first-order valence-electron chi connectivity index (χ1n) is 17.8. The predicted octanol–water partition coefficient (Wildman–Crippen LogP) is -3.14. The molecule has 2 aromatic carbocycles. The van der Waals surface area contributed by atoms with E-state index in [2.05, 4.69) is 4.74 Å². The summed E-state index contributed by atoms with van der Waals surface area (Å²) < 4.78 is 51.9. The second kappa shape index (κ2) is 24.6. The Balaban J connectivity index is 0.000000501. The average molecular weight is 927 g/mol. The smallest absolute Gasteiger partial charge is 0.318 e. The summed E-state index contributed by atoms with van der Waals surface area (Å²) >= 11 is 0. The number of aliphatic carboxylic acids is 1. The first kappa shape index (κ1) is 55.0. The summed E-state index contributed by atoms with van der Waals surface area (Å²) in [6, 6.07) is 18.4. The highest BCUT2D eigenvalue weighted by atomic mass is 31.2. The Morgan fingerprint density at radius 2 is 1.10 bits per heavy atom. The summed E-state index contributed by atoms with van der Waals surface area (Å²) in [7, 11) is -20.2. The fourth-order valence-corrected chi connectivity index (χ4v) is 9.32. The largest absolute Gasteiger partial charge is 0.810 e. The molecule has 0 saturated carbocycles. The van der Waals surface area contributed by atoms with Gasteiger partial charge < -0.3 is 77.1 Å². The first-order chi connectivity index (χ1) is 27.5. The van der Waals surface area contributed by atoms with Crippen molar-refractivity contribution in [3.63, 3.8) is 0 Å². The van der Waals surface area contributed by atoms with Crippen molar-refractivity contribution >= 4 is 54.3 Å². The van der Waals surface area contributed by atoms with Crippen molar-refractivity contribution in [2.75, 3.05) is 51.4 Å². The molecule has 6 atom stereocenters. The van der Waals surface area contributed by atoms with Crippen LogP contribution in [0.3, 0.4) is 0 Å². The van der Waals surface area contributed by atoms with Gasteiger partial charge in [0.1, 0.15) is 6.61 Å². The zero-order valence-electron chi connectivity index (χ0n) is 32.8. The van der Waals surface area contributed by atoms with Crippen LogP contribution in [0.4, 0.5) is 0 Å². The molecule has 1 aliphatic heterocycles. The number of hydrogen-bond donors (Lipinski definition) is 2. The fraction of sp³-hybridized carbons (Fsp3) is 0.529.